The predicted octanol–water partition coefficient (Wildman–Crippen LogP) is 4.14. The van der Waals surface area contributed by atoms with Gasteiger partial charge in [-0.1, -0.05) is 37.6 Å². The second-order valence-electron chi connectivity index (χ2n) is 5.21. The van der Waals surface area contributed by atoms with Crippen LogP contribution in [-0.4, -0.2) is 10.8 Å². The first kappa shape index (κ1) is 16.0. The molecule has 0 atom stereocenters. The van der Waals surface area contributed by atoms with E-state index in [1.54, 1.807) is 12.1 Å². The molecule has 2 aromatic carbocycles. The first-order valence-corrected chi connectivity index (χ1v) is 7.07. The number of nitro groups is 1. The van der Waals surface area contributed by atoms with Crippen LogP contribution in [0.1, 0.15) is 35.7 Å². The monoisotopic (exact) mass is 318 g/mol. The van der Waals surface area contributed by atoms with Gasteiger partial charge in [0.05, 0.1) is 10.5 Å². The molecule has 1 amide bonds. The van der Waals surface area contributed by atoms with Crippen LogP contribution in [-0.2, 0) is 0 Å². The number of carbonyl (C=O) groups excluding carboxylic acids is 1. The summed E-state index contributed by atoms with van der Waals surface area (Å²) in [5.74, 6) is -0.590. The molecule has 0 saturated heterocycles. The summed E-state index contributed by atoms with van der Waals surface area (Å²) in [5.41, 5.74) is 7.50. The van der Waals surface area contributed by atoms with Gasteiger partial charge in [-0.05, 0) is 34.7 Å². The van der Waals surface area contributed by atoms with Crippen molar-refractivity contribution in [2.45, 2.75) is 19.8 Å². The maximum Gasteiger partial charge on any atom is 0.270 e. The van der Waals surface area contributed by atoms with Gasteiger partial charge < -0.3 is 5.73 Å². The second-order valence-corrected chi connectivity index (χ2v) is 5.61. The van der Waals surface area contributed by atoms with Crippen LogP contribution in [0.4, 0.5) is 5.69 Å². The van der Waals surface area contributed by atoms with Crippen LogP contribution in [0.25, 0.3) is 11.1 Å². The number of carbonyl (C=O) groups is 1. The lowest BCUT2D eigenvalue weighted by Crippen LogP contribution is -2.13. The molecular weight excluding hydrogens is 304 g/mol. The molecular formula is C16H15ClN2O3. The van der Waals surface area contributed by atoms with Gasteiger partial charge in [0.15, 0.2) is 0 Å². The molecule has 5 nitrogen and oxygen atoms in total. The largest absolute Gasteiger partial charge is 0.366 e. The SMILES string of the molecule is CC(C)c1c(Cl)cccc1-c1ccc([N+](=O)[O-])cc1C(N)=O. The van der Waals surface area contributed by atoms with Crippen molar-refractivity contribution in [2.24, 2.45) is 5.73 Å². The van der Waals surface area contributed by atoms with Gasteiger partial charge in [-0.3, -0.25) is 14.9 Å². The molecule has 22 heavy (non-hydrogen) atoms. The number of hydrogen-bond donors (Lipinski definition) is 1. The number of amides is 1. The molecule has 0 fully saturated rings. The number of benzene rings is 2. The summed E-state index contributed by atoms with van der Waals surface area (Å²) in [6.45, 7) is 3.97. The third kappa shape index (κ3) is 2.94. The van der Waals surface area contributed by atoms with Gasteiger partial charge in [-0.15, -0.1) is 0 Å². The molecule has 2 rings (SSSR count). The lowest BCUT2D eigenvalue weighted by molar-refractivity contribution is -0.384. The summed E-state index contributed by atoms with van der Waals surface area (Å²) < 4.78 is 0. The van der Waals surface area contributed by atoms with Crippen LogP contribution in [0.3, 0.4) is 0 Å². The first-order chi connectivity index (χ1) is 10.3. The van der Waals surface area contributed by atoms with Crippen molar-refractivity contribution in [2.75, 3.05) is 0 Å². The Morgan fingerprint density at radius 2 is 1.91 bits per heavy atom. The van der Waals surface area contributed by atoms with E-state index >= 15 is 0 Å². The Morgan fingerprint density at radius 1 is 1.23 bits per heavy atom. The number of nitro benzene ring substituents is 1. The van der Waals surface area contributed by atoms with Crippen LogP contribution < -0.4 is 5.73 Å². The molecule has 0 aromatic heterocycles. The van der Waals surface area contributed by atoms with Crippen molar-refractivity contribution in [1.82, 2.24) is 0 Å². The van der Waals surface area contributed by atoms with Crippen molar-refractivity contribution >= 4 is 23.2 Å². The van der Waals surface area contributed by atoms with E-state index in [0.717, 1.165) is 11.1 Å². The fourth-order valence-corrected chi connectivity index (χ4v) is 2.84. The van der Waals surface area contributed by atoms with Crippen LogP contribution in [0.5, 0.6) is 0 Å². The van der Waals surface area contributed by atoms with E-state index in [2.05, 4.69) is 0 Å². The normalized spacial score (nSPS) is 10.7. The van der Waals surface area contributed by atoms with E-state index in [1.807, 2.05) is 19.9 Å². The molecule has 6 heteroatoms. The predicted molar refractivity (Wildman–Crippen MR) is 86.1 cm³/mol. The highest BCUT2D eigenvalue weighted by molar-refractivity contribution is 6.32. The minimum Gasteiger partial charge on any atom is -0.366 e. The molecule has 0 bridgehead atoms. The number of nitrogens with zero attached hydrogens (tertiary/aromatic N) is 1. The topological polar surface area (TPSA) is 86.2 Å². The summed E-state index contributed by atoms with van der Waals surface area (Å²) in [5, 5.41) is 11.5. The summed E-state index contributed by atoms with van der Waals surface area (Å²) in [6, 6.07) is 9.46. The molecule has 114 valence electrons. The highest BCUT2D eigenvalue weighted by atomic mass is 35.5. The zero-order chi connectivity index (χ0) is 16.4. The summed E-state index contributed by atoms with van der Waals surface area (Å²) in [4.78, 5) is 22.0. The van der Waals surface area contributed by atoms with Crippen LogP contribution >= 0.6 is 11.6 Å². The fourth-order valence-electron chi connectivity index (χ4n) is 2.44. The average molecular weight is 319 g/mol. The third-order valence-electron chi connectivity index (χ3n) is 3.40. The lowest BCUT2D eigenvalue weighted by Gasteiger charge is -2.16. The fraction of sp³-hybridized carbons (Fsp3) is 0.188. The number of halogens is 1. The number of hydrogen-bond acceptors (Lipinski definition) is 3. The van der Waals surface area contributed by atoms with Gasteiger partial charge in [0.25, 0.3) is 5.69 Å². The van der Waals surface area contributed by atoms with Gasteiger partial charge in [-0.25, -0.2) is 0 Å². The molecule has 0 aliphatic rings. The Hall–Kier alpha value is -2.40. The van der Waals surface area contributed by atoms with Crippen molar-refractivity contribution < 1.29 is 9.72 Å². The molecule has 2 N–H and O–H groups in total. The van der Waals surface area contributed by atoms with Gasteiger partial charge in [0, 0.05) is 17.2 Å². The Balaban J connectivity index is 2.76. The highest BCUT2D eigenvalue weighted by Gasteiger charge is 2.19. The third-order valence-corrected chi connectivity index (χ3v) is 3.73. The summed E-state index contributed by atoms with van der Waals surface area (Å²) in [7, 11) is 0. The van der Waals surface area contributed by atoms with Crippen molar-refractivity contribution in [3.63, 3.8) is 0 Å². The van der Waals surface area contributed by atoms with Gasteiger partial charge in [-0.2, -0.15) is 0 Å². The Kier molecular flexibility index (Phi) is 4.47. The standard InChI is InChI=1S/C16H15ClN2O3/c1-9(2)15-12(4-3-5-14(15)17)11-7-6-10(19(21)22)8-13(11)16(18)20/h3-9H,1-2H3,(H2,18,20). The van der Waals surface area contributed by atoms with Crippen molar-refractivity contribution in [3.05, 3.63) is 62.7 Å². The van der Waals surface area contributed by atoms with E-state index in [9.17, 15) is 14.9 Å². The zero-order valence-corrected chi connectivity index (χ0v) is 12.9. The Labute approximate surface area is 132 Å². The van der Waals surface area contributed by atoms with E-state index in [-0.39, 0.29) is 17.2 Å². The maximum atomic E-state index is 11.7. The van der Waals surface area contributed by atoms with E-state index in [1.165, 1.54) is 18.2 Å². The number of primary amides is 1. The smallest absolute Gasteiger partial charge is 0.270 e. The minimum absolute atomic E-state index is 0.110. The molecule has 0 radical (unpaired) electrons. The lowest BCUT2D eigenvalue weighted by atomic mass is 9.89. The minimum atomic E-state index is -0.714. The van der Waals surface area contributed by atoms with Gasteiger partial charge in [0.2, 0.25) is 5.91 Å². The number of rotatable bonds is 4. The van der Waals surface area contributed by atoms with Crippen LogP contribution in [0.2, 0.25) is 5.02 Å². The van der Waals surface area contributed by atoms with E-state index < -0.39 is 10.8 Å². The van der Waals surface area contributed by atoms with Gasteiger partial charge in [0.1, 0.15) is 0 Å². The average Bonchev–Trinajstić information content (AvgIpc) is 2.45. The van der Waals surface area contributed by atoms with Crippen LogP contribution in [0, 0.1) is 10.1 Å². The van der Waals surface area contributed by atoms with Crippen molar-refractivity contribution in [3.8, 4) is 11.1 Å². The zero-order valence-electron chi connectivity index (χ0n) is 12.2. The molecule has 0 saturated carbocycles. The maximum absolute atomic E-state index is 11.7. The number of non-ortho nitro benzene ring substituents is 1. The first-order valence-electron chi connectivity index (χ1n) is 6.70. The molecule has 0 spiro atoms. The summed E-state index contributed by atoms with van der Waals surface area (Å²) >= 11 is 6.26. The molecule has 0 heterocycles. The van der Waals surface area contributed by atoms with Gasteiger partial charge >= 0.3 is 0 Å². The van der Waals surface area contributed by atoms with E-state index in [0.29, 0.717) is 10.6 Å². The quantitative estimate of drug-likeness (QED) is 0.679. The van der Waals surface area contributed by atoms with E-state index in [4.69, 9.17) is 17.3 Å². The summed E-state index contributed by atoms with van der Waals surface area (Å²) in [6.07, 6.45) is 0. The molecule has 0 aliphatic carbocycles. The Morgan fingerprint density at radius 3 is 2.45 bits per heavy atom. The molecule has 0 unspecified atom stereocenters. The van der Waals surface area contributed by atoms with Crippen LogP contribution in [0.15, 0.2) is 36.4 Å². The second kappa shape index (κ2) is 6.15. The molecule has 2 aromatic rings. The van der Waals surface area contributed by atoms with Crippen molar-refractivity contribution in [1.29, 1.82) is 0 Å². The number of nitrogens with two attached hydrogens (primary N) is 1. The Bertz CT molecular complexity index is 757. The highest BCUT2D eigenvalue weighted by Crippen LogP contribution is 2.37. The molecule has 0 aliphatic heterocycles.